The van der Waals surface area contributed by atoms with E-state index in [0.717, 1.165) is 26.2 Å². The number of hydrogen-bond donors (Lipinski definition) is 1. The summed E-state index contributed by atoms with van der Waals surface area (Å²) in [5.74, 6) is -0.407. The third-order valence-corrected chi connectivity index (χ3v) is 2.86. The maximum absolute atomic E-state index is 5.71. The van der Waals surface area contributed by atoms with Crippen molar-refractivity contribution in [2.75, 3.05) is 26.4 Å². The predicted octanol–water partition coefficient (Wildman–Crippen LogP) is 0.906. The van der Waals surface area contributed by atoms with Gasteiger partial charge in [0, 0.05) is 19.2 Å². The summed E-state index contributed by atoms with van der Waals surface area (Å²) < 4.78 is 16.6. The second-order valence-corrected chi connectivity index (χ2v) is 4.77. The third-order valence-electron chi connectivity index (χ3n) is 2.86. The first-order valence-corrected chi connectivity index (χ1v) is 5.79. The zero-order valence-corrected chi connectivity index (χ0v) is 9.62. The van der Waals surface area contributed by atoms with E-state index in [9.17, 15) is 0 Å². The molecule has 0 aromatic rings. The fourth-order valence-electron chi connectivity index (χ4n) is 2.06. The normalized spacial score (nSPS) is 35.6. The standard InChI is InChI=1S/C11H21NO3/c1-11(2)14-8-10(15-11)6-12-9-4-3-5-13-7-9/h9-10,12H,3-8H2,1-2H3. The minimum absolute atomic E-state index is 0.182. The average molecular weight is 215 g/mol. The summed E-state index contributed by atoms with van der Waals surface area (Å²) in [5, 5.41) is 3.47. The van der Waals surface area contributed by atoms with Crippen LogP contribution in [-0.2, 0) is 14.2 Å². The van der Waals surface area contributed by atoms with E-state index in [0.29, 0.717) is 12.6 Å². The van der Waals surface area contributed by atoms with Gasteiger partial charge in [-0.3, -0.25) is 0 Å². The monoisotopic (exact) mass is 215 g/mol. The van der Waals surface area contributed by atoms with Crippen molar-refractivity contribution in [3.05, 3.63) is 0 Å². The number of rotatable bonds is 3. The van der Waals surface area contributed by atoms with E-state index in [1.165, 1.54) is 6.42 Å². The van der Waals surface area contributed by atoms with Crippen molar-refractivity contribution >= 4 is 0 Å². The molecule has 0 bridgehead atoms. The highest BCUT2D eigenvalue weighted by Gasteiger charge is 2.32. The average Bonchev–Trinajstić information content (AvgIpc) is 2.57. The molecule has 0 radical (unpaired) electrons. The number of nitrogens with one attached hydrogen (secondary N) is 1. The molecule has 2 aliphatic rings. The molecule has 15 heavy (non-hydrogen) atoms. The molecule has 0 aromatic carbocycles. The zero-order valence-electron chi connectivity index (χ0n) is 9.62. The SMILES string of the molecule is CC1(C)OCC(CNC2CCCOC2)O1. The van der Waals surface area contributed by atoms with Gasteiger partial charge >= 0.3 is 0 Å². The van der Waals surface area contributed by atoms with Crippen LogP contribution < -0.4 is 5.32 Å². The first-order valence-electron chi connectivity index (χ1n) is 5.79. The van der Waals surface area contributed by atoms with Gasteiger partial charge in [-0.1, -0.05) is 0 Å². The zero-order chi connectivity index (χ0) is 10.7. The Labute approximate surface area is 91.3 Å². The minimum atomic E-state index is -0.407. The molecule has 0 aromatic heterocycles. The molecular formula is C11H21NO3. The van der Waals surface area contributed by atoms with Gasteiger partial charge in [-0.05, 0) is 26.7 Å². The molecule has 2 unspecified atom stereocenters. The van der Waals surface area contributed by atoms with Crippen LogP contribution in [0.2, 0.25) is 0 Å². The quantitative estimate of drug-likeness (QED) is 0.759. The second kappa shape index (κ2) is 4.78. The summed E-state index contributed by atoms with van der Waals surface area (Å²) in [5.41, 5.74) is 0. The highest BCUT2D eigenvalue weighted by Crippen LogP contribution is 2.21. The molecule has 2 saturated heterocycles. The third kappa shape index (κ3) is 3.41. The van der Waals surface area contributed by atoms with Crippen LogP contribution in [0, 0.1) is 0 Å². The van der Waals surface area contributed by atoms with Crippen molar-refractivity contribution in [1.29, 1.82) is 0 Å². The lowest BCUT2D eigenvalue weighted by Crippen LogP contribution is -2.41. The van der Waals surface area contributed by atoms with Gasteiger partial charge in [0.05, 0.1) is 19.3 Å². The second-order valence-electron chi connectivity index (χ2n) is 4.77. The molecule has 0 amide bonds. The van der Waals surface area contributed by atoms with Gasteiger partial charge < -0.3 is 19.5 Å². The Kier molecular flexibility index (Phi) is 3.61. The van der Waals surface area contributed by atoms with Crippen LogP contribution in [0.25, 0.3) is 0 Å². The molecule has 0 spiro atoms. The van der Waals surface area contributed by atoms with Gasteiger partial charge in [0.1, 0.15) is 0 Å². The van der Waals surface area contributed by atoms with E-state index in [4.69, 9.17) is 14.2 Å². The predicted molar refractivity (Wildman–Crippen MR) is 56.7 cm³/mol. The Bertz CT molecular complexity index is 202. The van der Waals surface area contributed by atoms with Crippen LogP contribution in [0.1, 0.15) is 26.7 Å². The number of hydrogen-bond acceptors (Lipinski definition) is 4. The molecule has 4 heteroatoms. The van der Waals surface area contributed by atoms with E-state index in [2.05, 4.69) is 5.32 Å². The Morgan fingerprint density at radius 2 is 2.20 bits per heavy atom. The first kappa shape index (κ1) is 11.3. The largest absolute Gasteiger partial charge is 0.380 e. The summed E-state index contributed by atoms with van der Waals surface area (Å²) in [6, 6.07) is 0.492. The van der Waals surface area contributed by atoms with Crippen molar-refractivity contribution in [2.45, 2.75) is 44.6 Å². The summed E-state index contributed by atoms with van der Waals surface area (Å²) in [4.78, 5) is 0. The lowest BCUT2D eigenvalue weighted by Gasteiger charge is -2.24. The van der Waals surface area contributed by atoms with E-state index >= 15 is 0 Å². The van der Waals surface area contributed by atoms with Gasteiger partial charge in [0.2, 0.25) is 0 Å². The molecule has 0 saturated carbocycles. The van der Waals surface area contributed by atoms with Crippen molar-refractivity contribution < 1.29 is 14.2 Å². The molecule has 2 aliphatic heterocycles. The highest BCUT2D eigenvalue weighted by atomic mass is 16.7. The highest BCUT2D eigenvalue weighted by molar-refractivity contribution is 4.76. The van der Waals surface area contributed by atoms with Crippen LogP contribution in [0.4, 0.5) is 0 Å². The van der Waals surface area contributed by atoms with Crippen LogP contribution >= 0.6 is 0 Å². The minimum Gasteiger partial charge on any atom is -0.380 e. The molecule has 2 atom stereocenters. The fraction of sp³-hybridized carbons (Fsp3) is 1.00. The summed E-state index contributed by atoms with van der Waals surface area (Å²) in [6.07, 6.45) is 2.55. The van der Waals surface area contributed by atoms with E-state index in [1.54, 1.807) is 0 Å². The maximum atomic E-state index is 5.71. The molecule has 2 fully saturated rings. The molecule has 4 nitrogen and oxygen atoms in total. The van der Waals surface area contributed by atoms with E-state index in [-0.39, 0.29) is 6.10 Å². The van der Waals surface area contributed by atoms with Crippen molar-refractivity contribution in [3.8, 4) is 0 Å². The topological polar surface area (TPSA) is 39.7 Å². The maximum Gasteiger partial charge on any atom is 0.163 e. The van der Waals surface area contributed by atoms with Crippen LogP contribution in [0.15, 0.2) is 0 Å². The Morgan fingerprint density at radius 1 is 1.33 bits per heavy atom. The van der Waals surface area contributed by atoms with Crippen molar-refractivity contribution in [2.24, 2.45) is 0 Å². The van der Waals surface area contributed by atoms with Gasteiger partial charge in [0.25, 0.3) is 0 Å². The fourth-order valence-corrected chi connectivity index (χ4v) is 2.06. The van der Waals surface area contributed by atoms with Crippen molar-refractivity contribution in [1.82, 2.24) is 5.32 Å². The van der Waals surface area contributed by atoms with Crippen LogP contribution in [-0.4, -0.2) is 44.3 Å². The Balaban J connectivity index is 1.65. The van der Waals surface area contributed by atoms with Gasteiger partial charge in [-0.25, -0.2) is 0 Å². The summed E-state index contributed by atoms with van der Waals surface area (Å²) in [6.45, 7) is 7.20. The molecule has 1 N–H and O–H groups in total. The molecule has 2 heterocycles. The lowest BCUT2D eigenvalue weighted by molar-refractivity contribution is -0.138. The molecule has 0 aliphatic carbocycles. The lowest BCUT2D eigenvalue weighted by atomic mass is 10.1. The van der Waals surface area contributed by atoms with Gasteiger partial charge in [-0.2, -0.15) is 0 Å². The summed E-state index contributed by atoms with van der Waals surface area (Å²) in [7, 11) is 0. The first-order chi connectivity index (χ1) is 7.16. The van der Waals surface area contributed by atoms with Gasteiger partial charge in [-0.15, -0.1) is 0 Å². The van der Waals surface area contributed by atoms with E-state index < -0.39 is 5.79 Å². The Hall–Kier alpha value is -0.160. The molecule has 88 valence electrons. The number of ether oxygens (including phenoxy) is 3. The molecule has 2 rings (SSSR count). The Morgan fingerprint density at radius 3 is 2.80 bits per heavy atom. The smallest absolute Gasteiger partial charge is 0.163 e. The molecular weight excluding hydrogens is 194 g/mol. The van der Waals surface area contributed by atoms with Gasteiger partial charge in [0.15, 0.2) is 5.79 Å². The van der Waals surface area contributed by atoms with Crippen LogP contribution in [0.5, 0.6) is 0 Å². The summed E-state index contributed by atoms with van der Waals surface area (Å²) >= 11 is 0. The van der Waals surface area contributed by atoms with E-state index in [1.807, 2.05) is 13.8 Å². The van der Waals surface area contributed by atoms with Crippen LogP contribution in [0.3, 0.4) is 0 Å². The van der Waals surface area contributed by atoms with Crippen molar-refractivity contribution in [3.63, 3.8) is 0 Å².